The van der Waals surface area contributed by atoms with E-state index in [0.717, 1.165) is 116 Å². The minimum atomic E-state index is -2.47. The standard InChI is InChI=1S/C88H98Cl2N8O30/c1-37(2)13-11-9-7-8-10-12-14-61(105)92-69-74(109)72(107)59(35-99)125-85(69)127-77-57-29-42-30-58(77)123-54-24-19-41(27-49(54)89)71(106)68-82(116)96-67(84(118)119)47-31-43(101)32-56(124-86-76(111)75(110)73(108)60(36-100)126-86)62(47)46-26-39(17-22-51(46)102)64(79(113)97-68)93-80(114)65(42)94-81(115)66-48-33-45(34-53(104)63(48)90)122-55-28-40(18-23-52(55)103)70(98(6)87(120)128-88(3,4)5)83(117)91-50(78(112)95-66)25-38-15-20-44(121-57)21-16-38/h15-24,26-34,37,50,59-60,64-76,85-86,99-104,106-111H,7-14,25,35-36H2,1-6H3,(H,91,117)(H,92,105)(H,93,114)(H,94,115)(H,95,112)(H,96,116)(H,97,113)(H,118,119)/t50-,59-,60-,64-,65-,66+,67+,68+,69-,70+,71-,72-,73-,74-,75+,76+,85+,86+/m1/s1. The summed E-state index contributed by atoms with van der Waals surface area (Å²) in [5.74, 6) is -17.5. The predicted octanol–water partition coefficient (Wildman–Crippen LogP) is 5.74. The van der Waals surface area contributed by atoms with Crippen molar-refractivity contribution in [2.45, 2.75) is 208 Å². The molecule has 20 N–H and O–H groups in total. The van der Waals surface area contributed by atoms with Gasteiger partial charge in [0.05, 0.1) is 23.3 Å². The second-order valence-electron chi connectivity index (χ2n) is 33.3. The molecular weight excluding hydrogens is 1720 g/mol. The number of phenolic OH excluding ortho intramolecular Hbond substituents is 4. The van der Waals surface area contributed by atoms with Crippen molar-refractivity contribution in [3.8, 4) is 80.1 Å². The highest BCUT2D eigenvalue weighted by Crippen LogP contribution is 2.51. The summed E-state index contributed by atoms with van der Waals surface area (Å²) in [7, 11) is 1.22. The van der Waals surface area contributed by atoms with Gasteiger partial charge in [-0.25, -0.2) is 9.59 Å². The average Bonchev–Trinajstić information content (AvgIpc) is 0.758. The third-order valence-electron chi connectivity index (χ3n) is 22.4. The van der Waals surface area contributed by atoms with E-state index in [1.165, 1.54) is 43.4 Å². The van der Waals surface area contributed by atoms with Crippen molar-refractivity contribution < 1.29 is 147 Å². The molecule has 40 heteroatoms. The number of nitrogens with zero attached hydrogens (tertiary/aromatic N) is 1. The normalized spacial score (nSPS) is 25.9. The van der Waals surface area contributed by atoms with Gasteiger partial charge < -0.3 is 141 Å². The average molecular weight is 1820 g/mol. The summed E-state index contributed by atoms with van der Waals surface area (Å²) in [5.41, 5.74) is -4.71. The Morgan fingerprint density at radius 2 is 1.15 bits per heavy atom. The second kappa shape index (κ2) is 39.3. The van der Waals surface area contributed by atoms with Crippen LogP contribution in [0.3, 0.4) is 0 Å². The fourth-order valence-electron chi connectivity index (χ4n) is 15.7. The number of carboxylic acids is 1. The number of carbonyl (C=O) groups is 9. The lowest BCUT2D eigenvalue weighted by atomic mass is 9.89. The quantitative estimate of drug-likeness (QED) is 0.0455. The Hall–Kier alpha value is -12.1. The van der Waals surface area contributed by atoms with E-state index in [0.29, 0.717) is 18.8 Å². The van der Waals surface area contributed by atoms with Crippen LogP contribution in [-0.2, 0) is 59.0 Å². The van der Waals surface area contributed by atoms with Crippen LogP contribution in [0.1, 0.15) is 161 Å². The van der Waals surface area contributed by atoms with Gasteiger partial charge in [0.15, 0.2) is 29.0 Å². The van der Waals surface area contributed by atoms with Crippen LogP contribution in [0.2, 0.25) is 10.0 Å². The number of aliphatic hydroxyl groups is 8. The fourth-order valence-corrected chi connectivity index (χ4v) is 16.2. The molecule has 128 heavy (non-hydrogen) atoms. The topological polar surface area (TPSA) is 578 Å². The van der Waals surface area contributed by atoms with Crippen LogP contribution in [0, 0.1) is 5.92 Å². The van der Waals surface area contributed by atoms with Gasteiger partial charge in [-0.3, -0.25) is 38.5 Å². The number of likely N-dealkylation sites (N-methyl/N-ethyl adjacent to an activating group) is 1. The zero-order valence-electron chi connectivity index (χ0n) is 69.7. The van der Waals surface area contributed by atoms with Crippen molar-refractivity contribution in [3.63, 3.8) is 0 Å². The first-order chi connectivity index (χ1) is 60.8. The van der Waals surface area contributed by atoms with Crippen molar-refractivity contribution in [1.82, 2.24) is 42.1 Å². The van der Waals surface area contributed by atoms with Gasteiger partial charge in [-0.05, 0) is 134 Å². The molecule has 7 aromatic rings. The fraction of sp³-hybridized carbons (Fsp3) is 0.420. The third-order valence-corrected chi connectivity index (χ3v) is 23.1. The zero-order valence-corrected chi connectivity index (χ0v) is 71.2. The summed E-state index contributed by atoms with van der Waals surface area (Å²) in [5, 5.41) is 166. The number of aromatic hydroxyl groups is 4. The zero-order chi connectivity index (χ0) is 92.3. The van der Waals surface area contributed by atoms with Crippen LogP contribution >= 0.6 is 23.2 Å². The van der Waals surface area contributed by atoms with E-state index in [1.807, 2.05) is 0 Å². The highest BCUT2D eigenvalue weighted by molar-refractivity contribution is 6.33. The summed E-state index contributed by atoms with van der Waals surface area (Å²) >= 11 is 14.3. The molecule has 8 aliphatic rings. The lowest BCUT2D eigenvalue weighted by molar-refractivity contribution is -0.277. The number of nitrogens with one attached hydrogen (secondary N) is 7. The van der Waals surface area contributed by atoms with Gasteiger partial charge in [-0.2, -0.15) is 0 Å². The Morgan fingerprint density at radius 3 is 1.82 bits per heavy atom. The lowest BCUT2D eigenvalue weighted by Crippen LogP contribution is -2.65. The van der Waals surface area contributed by atoms with Gasteiger partial charge in [0.2, 0.25) is 59.7 Å². The second-order valence-corrected chi connectivity index (χ2v) is 34.1. The van der Waals surface area contributed by atoms with Crippen LogP contribution < -0.4 is 60.9 Å². The highest BCUT2D eigenvalue weighted by atomic mass is 35.5. The number of carbonyl (C=O) groups excluding carboxylic acids is 8. The molecule has 17 bridgehead atoms. The maximum atomic E-state index is 16.8. The first-order valence-corrected chi connectivity index (χ1v) is 41.9. The molecule has 38 nitrogen and oxygen atoms in total. The molecule has 7 aromatic carbocycles. The molecule has 8 heterocycles. The number of aliphatic carboxylic acids is 1. The van der Waals surface area contributed by atoms with E-state index in [2.05, 4.69) is 51.1 Å². The lowest BCUT2D eigenvalue weighted by Gasteiger charge is -2.42. The SMILES string of the molecule is CC(C)CCCCCCCCC(=O)N[C@H]1[C@H](Oc2c3cc4cc2Oc2ccc(cc2Cl)[C@@H](O)[C@@H]2NC(=O)[C@H](NC(=O)[C@@H]4NC(=O)[C@H]4NC(=O)[C@@H](Cc5ccc(cc5)O3)NC(=O)[C@@H](N(C)C(=O)OC(C)(C)C)c3ccc(O)c(c3)Oc3cc(O)c(Cl)c4c3)c3ccc(O)c(c3)-c3c(O[C@H]4O[C@H](CO)[C@@H](O)[C@H](O)[C@@H]4O)cc(O)cc3[C@@H](C(=O)O)NC2=O)O[C@H](CO)[C@@H](O)[C@@H]1O. The number of aliphatic hydroxyl groups excluding tert-OH is 8. The molecule has 0 aromatic heterocycles. The number of hydrogen-bond donors (Lipinski definition) is 20. The third kappa shape index (κ3) is 20.7. The molecule has 684 valence electrons. The predicted molar refractivity (Wildman–Crippen MR) is 448 cm³/mol. The molecule has 15 rings (SSSR count). The first kappa shape index (κ1) is 93.6. The smallest absolute Gasteiger partial charge is 0.410 e. The minimum Gasteiger partial charge on any atom is -0.508 e. The Kier molecular flexibility index (Phi) is 28.7. The van der Waals surface area contributed by atoms with Crippen LogP contribution in [0.4, 0.5) is 4.79 Å². The van der Waals surface area contributed by atoms with Gasteiger partial charge in [0.25, 0.3) is 0 Å². The molecule has 2 saturated heterocycles. The monoisotopic (exact) mass is 1820 g/mol. The van der Waals surface area contributed by atoms with Crippen molar-refractivity contribution in [1.29, 1.82) is 0 Å². The molecule has 0 spiro atoms. The summed E-state index contributed by atoms with van der Waals surface area (Å²) < 4.78 is 50.3. The Balaban J connectivity index is 1.04. The Morgan fingerprint density at radius 1 is 0.547 bits per heavy atom. The molecule has 8 amide bonds. The van der Waals surface area contributed by atoms with Gasteiger partial charge in [-0.1, -0.05) is 106 Å². The Bertz CT molecular complexity index is 5390. The molecule has 0 unspecified atom stereocenters. The van der Waals surface area contributed by atoms with E-state index in [1.54, 1.807) is 20.8 Å². The number of benzene rings is 7. The van der Waals surface area contributed by atoms with Crippen LogP contribution in [0.25, 0.3) is 11.1 Å². The number of hydrogen-bond acceptors (Lipinski definition) is 29. The van der Waals surface area contributed by atoms with Crippen LogP contribution in [0.15, 0.2) is 115 Å². The molecule has 0 radical (unpaired) electrons. The van der Waals surface area contributed by atoms with Crippen molar-refractivity contribution in [2.24, 2.45) is 5.92 Å². The van der Waals surface area contributed by atoms with Gasteiger partial charge >= 0.3 is 12.1 Å². The number of phenols is 4. The van der Waals surface area contributed by atoms with Gasteiger partial charge in [-0.15, -0.1) is 0 Å². The summed E-state index contributed by atoms with van der Waals surface area (Å²) in [6, 6.07) is 3.71. The summed E-state index contributed by atoms with van der Waals surface area (Å²) in [6.07, 6.45) is -15.9. The van der Waals surface area contributed by atoms with E-state index in [4.69, 9.17) is 61.1 Å². The molecule has 0 saturated carbocycles. The summed E-state index contributed by atoms with van der Waals surface area (Å²) in [4.78, 5) is 139. The molecule has 0 aliphatic carbocycles. The largest absolute Gasteiger partial charge is 0.508 e. The van der Waals surface area contributed by atoms with Crippen molar-refractivity contribution in [2.75, 3.05) is 20.3 Å². The number of fused-ring (bicyclic) bond motifs is 14. The maximum absolute atomic E-state index is 16.8. The Labute approximate surface area is 740 Å². The molecular formula is C88H98Cl2N8O30. The van der Waals surface area contributed by atoms with E-state index in [9.17, 15) is 80.8 Å². The molecule has 2 fully saturated rings. The molecule has 18 atom stereocenters. The van der Waals surface area contributed by atoms with Crippen molar-refractivity contribution in [3.05, 3.63) is 164 Å². The number of halogens is 2. The first-order valence-electron chi connectivity index (χ1n) is 41.2. The number of amides is 8. The maximum Gasteiger partial charge on any atom is 0.410 e. The number of rotatable bonds is 18. The van der Waals surface area contributed by atoms with E-state index >= 15 is 28.8 Å². The minimum absolute atomic E-state index is 0.0433. The van der Waals surface area contributed by atoms with Crippen molar-refractivity contribution >= 4 is 76.6 Å². The number of unbranched alkanes of at least 4 members (excludes halogenated alkanes) is 5. The molecule has 8 aliphatic heterocycles. The van der Waals surface area contributed by atoms with Gasteiger partial charge in [0.1, 0.15) is 137 Å². The van der Waals surface area contributed by atoms with E-state index < -0.39 is 295 Å². The van der Waals surface area contributed by atoms with Crippen LogP contribution in [0.5, 0.6) is 69.0 Å². The number of carboxylic acid groups (broad SMARTS) is 1. The van der Waals surface area contributed by atoms with Crippen LogP contribution in [-0.4, -0.2) is 224 Å². The van der Waals surface area contributed by atoms with E-state index in [-0.39, 0.29) is 28.9 Å². The summed E-state index contributed by atoms with van der Waals surface area (Å²) in [6.45, 7) is 7.01. The van der Waals surface area contributed by atoms with Gasteiger partial charge in [0, 0.05) is 54.3 Å². The highest BCUT2D eigenvalue weighted by Gasteiger charge is 2.50. The number of ether oxygens (including phenoxy) is 8.